The first-order chi connectivity index (χ1) is 44.5. The highest BCUT2D eigenvalue weighted by molar-refractivity contribution is 7.27. The molecule has 0 saturated heterocycles. The molecule has 8 heterocycles. The number of para-hydroxylation sites is 4. The number of fused-ring (bicyclic) bond motifs is 26. The molecule has 0 spiro atoms. The lowest BCUT2D eigenvalue weighted by Gasteiger charge is -2.15. The van der Waals surface area contributed by atoms with Gasteiger partial charge in [-0.2, -0.15) is 4.98 Å². The van der Waals surface area contributed by atoms with Gasteiger partial charge in [0, 0.05) is 80.2 Å². The van der Waals surface area contributed by atoms with Crippen molar-refractivity contribution in [2.75, 3.05) is 0 Å². The predicted octanol–water partition coefficient (Wildman–Crippen LogP) is 19.1. The summed E-state index contributed by atoms with van der Waals surface area (Å²) in [5, 5.41) is 17.1. The standard InChI is InChI=1S/C78H42N8O2S2/c87-76-52-26-10-9-25-51(52)69-75(84(76)46-21-5-2-6-22-46)79-42-64(81-69)85-60-31-15-11-27-53(60)66-50-38-36-43(39-57(50)68-56-30-14-18-34-63(56)90-73(68)70(66)85)44-35-37-47-58(40-44)77(88)83(45-19-3-1-4-20-45)74-59(47)41-80-78(82-74)86-61-32-16-12-28-54(61)65-48-23-7-8-24-49(48)67-55-29-13-17-33-62(55)89-72(67)71(65)86/h1-42H. The highest BCUT2D eigenvalue weighted by Gasteiger charge is 2.27. The first-order valence-electron chi connectivity index (χ1n) is 29.9. The molecule has 0 aliphatic carbocycles. The highest BCUT2D eigenvalue weighted by atomic mass is 32.1. The SMILES string of the molecule is O=c1c2cc(-c3ccc4c(c3)c3c5ccccc5sc3c3c4c4ccccc4n3-c3cnc4c(n3)c3ccccc3c(=O)n4-c3ccccc3)ccc2c2cnc(-n3c4ccccc4c4c5ccccc5c5c6ccccc6sc5c43)nc2n1-c1ccccc1. The minimum absolute atomic E-state index is 0.147. The molecule has 0 atom stereocenters. The molecule has 12 heteroatoms. The van der Waals surface area contributed by atoms with Crippen molar-refractivity contribution >= 4 is 172 Å². The lowest BCUT2D eigenvalue weighted by Crippen LogP contribution is -2.21. The number of aromatic nitrogens is 8. The normalized spacial score (nSPS) is 12.3. The Bertz CT molecular complexity index is 6720. The Morgan fingerprint density at radius 1 is 0.311 bits per heavy atom. The molecular weight excluding hydrogens is 1150 g/mol. The van der Waals surface area contributed by atoms with E-state index in [9.17, 15) is 4.79 Å². The number of pyridine rings is 2. The average Bonchev–Trinajstić information content (AvgIpc) is 1.53. The van der Waals surface area contributed by atoms with Crippen molar-refractivity contribution in [3.05, 3.63) is 276 Å². The van der Waals surface area contributed by atoms with E-state index >= 15 is 4.79 Å². The van der Waals surface area contributed by atoms with E-state index in [4.69, 9.17) is 19.9 Å². The van der Waals surface area contributed by atoms with E-state index in [1.54, 1.807) is 31.8 Å². The Hall–Kier alpha value is -11.7. The highest BCUT2D eigenvalue weighted by Crippen LogP contribution is 2.50. The molecule has 0 fully saturated rings. The smallest absolute Gasteiger partial charge is 0.264 e. The van der Waals surface area contributed by atoms with Gasteiger partial charge in [-0.1, -0.05) is 176 Å². The number of rotatable bonds is 5. The van der Waals surface area contributed by atoms with E-state index in [2.05, 4.69) is 167 Å². The van der Waals surface area contributed by atoms with Crippen molar-refractivity contribution in [3.8, 4) is 34.3 Å². The van der Waals surface area contributed by atoms with E-state index in [1.165, 1.54) is 26.2 Å². The van der Waals surface area contributed by atoms with Crippen molar-refractivity contribution in [3.63, 3.8) is 0 Å². The number of nitrogens with zero attached hydrogens (tertiary/aromatic N) is 8. The van der Waals surface area contributed by atoms with Gasteiger partial charge in [0.1, 0.15) is 5.52 Å². The molecule has 0 radical (unpaired) electrons. The van der Waals surface area contributed by atoms with E-state index in [0.717, 1.165) is 112 Å². The second kappa shape index (κ2) is 18.4. The van der Waals surface area contributed by atoms with Crippen molar-refractivity contribution in [2.45, 2.75) is 0 Å². The van der Waals surface area contributed by atoms with Crippen LogP contribution in [0, 0.1) is 0 Å². The maximum atomic E-state index is 15.8. The van der Waals surface area contributed by atoms with Crippen molar-refractivity contribution in [1.82, 2.24) is 38.2 Å². The van der Waals surface area contributed by atoms with Crippen molar-refractivity contribution < 1.29 is 0 Å². The number of thiophene rings is 2. The second-order valence-corrected chi connectivity index (χ2v) is 25.2. The van der Waals surface area contributed by atoms with Crippen LogP contribution in [0.25, 0.3) is 184 Å². The van der Waals surface area contributed by atoms with Crippen LogP contribution < -0.4 is 11.1 Å². The summed E-state index contributed by atoms with van der Waals surface area (Å²) < 4.78 is 12.6. The van der Waals surface area contributed by atoms with Gasteiger partial charge in [-0.25, -0.2) is 15.0 Å². The third-order valence-electron chi connectivity index (χ3n) is 18.5. The van der Waals surface area contributed by atoms with Gasteiger partial charge in [0.15, 0.2) is 17.1 Å². The van der Waals surface area contributed by atoms with Gasteiger partial charge in [-0.3, -0.25) is 27.9 Å². The summed E-state index contributed by atoms with van der Waals surface area (Å²) in [4.78, 5) is 51.6. The summed E-state index contributed by atoms with van der Waals surface area (Å²) in [7, 11) is 0. The molecule has 0 unspecified atom stereocenters. The zero-order chi connectivity index (χ0) is 59.0. The number of benzene rings is 12. The Labute approximate surface area is 516 Å². The predicted molar refractivity (Wildman–Crippen MR) is 374 cm³/mol. The molecule has 0 N–H and O–H groups in total. The lowest BCUT2D eigenvalue weighted by molar-refractivity contribution is 0.966. The minimum atomic E-state index is -0.176. The summed E-state index contributed by atoms with van der Waals surface area (Å²) in [6.07, 6.45) is 3.72. The molecule has 0 bridgehead atoms. The van der Waals surface area contributed by atoms with Gasteiger partial charge < -0.3 is 0 Å². The minimum Gasteiger partial charge on any atom is -0.291 e. The second-order valence-electron chi connectivity index (χ2n) is 23.1. The molecule has 0 saturated carbocycles. The topological polar surface area (TPSA) is 105 Å². The molecule has 418 valence electrons. The fraction of sp³-hybridized carbons (Fsp3) is 0. The van der Waals surface area contributed by atoms with Gasteiger partial charge in [-0.05, 0) is 105 Å². The van der Waals surface area contributed by atoms with Crippen LogP contribution in [0.4, 0.5) is 0 Å². The Balaban J connectivity index is 0.808. The van der Waals surface area contributed by atoms with Crippen LogP contribution in [0.1, 0.15) is 0 Å². The molecule has 90 heavy (non-hydrogen) atoms. The molecule has 20 aromatic rings. The average molecular weight is 1190 g/mol. The molecule has 0 aliphatic heterocycles. The molecule has 0 aliphatic rings. The Morgan fingerprint density at radius 3 is 1.42 bits per heavy atom. The third-order valence-corrected chi connectivity index (χ3v) is 20.8. The fourth-order valence-corrected chi connectivity index (χ4v) is 17.2. The van der Waals surface area contributed by atoms with Crippen LogP contribution in [0.15, 0.2) is 265 Å². The first kappa shape index (κ1) is 49.4. The third kappa shape index (κ3) is 6.69. The van der Waals surface area contributed by atoms with Crippen LogP contribution in [0.5, 0.6) is 0 Å². The first-order valence-corrected chi connectivity index (χ1v) is 31.5. The molecule has 8 aromatic heterocycles. The van der Waals surface area contributed by atoms with Crippen molar-refractivity contribution in [2.24, 2.45) is 0 Å². The number of hydrogen-bond donors (Lipinski definition) is 0. The van der Waals surface area contributed by atoms with Crippen molar-refractivity contribution in [1.29, 1.82) is 0 Å². The van der Waals surface area contributed by atoms with E-state index in [-0.39, 0.29) is 11.1 Å². The maximum absolute atomic E-state index is 15.8. The summed E-state index contributed by atoms with van der Waals surface area (Å²) >= 11 is 3.57. The largest absolute Gasteiger partial charge is 0.291 e. The Kier molecular flexibility index (Phi) is 10.1. The quantitative estimate of drug-likeness (QED) is 0.159. The zero-order valence-corrected chi connectivity index (χ0v) is 49.1. The van der Waals surface area contributed by atoms with E-state index in [0.29, 0.717) is 45.0 Å². The van der Waals surface area contributed by atoms with Crippen LogP contribution in [-0.4, -0.2) is 38.2 Å². The monoisotopic (exact) mass is 1190 g/mol. The van der Waals surface area contributed by atoms with Crippen LogP contribution in [0.3, 0.4) is 0 Å². The van der Waals surface area contributed by atoms with E-state index < -0.39 is 0 Å². The zero-order valence-electron chi connectivity index (χ0n) is 47.5. The molecule has 10 nitrogen and oxygen atoms in total. The summed E-state index contributed by atoms with van der Waals surface area (Å²) in [6, 6.07) is 83.3. The molecule has 0 amide bonds. The fourth-order valence-electron chi connectivity index (χ4n) is 14.7. The molecular formula is C78H42N8O2S2. The maximum Gasteiger partial charge on any atom is 0.264 e. The summed E-state index contributed by atoms with van der Waals surface area (Å²) in [5.74, 6) is 1.13. The van der Waals surface area contributed by atoms with Gasteiger partial charge >= 0.3 is 0 Å². The summed E-state index contributed by atoms with van der Waals surface area (Å²) in [6.45, 7) is 0. The van der Waals surface area contributed by atoms with Crippen LogP contribution in [0.2, 0.25) is 0 Å². The number of hydrogen-bond acceptors (Lipinski definition) is 8. The van der Waals surface area contributed by atoms with Crippen LogP contribution >= 0.6 is 22.7 Å². The lowest BCUT2D eigenvalue weighted by atomic mass is 9.94. The van der Waals surface area contributed by atoms with Gasteiger partial charge in [0.05, 0.1) is 49.0 Å². The van der Waals surface area contributed by atoms with Crippen LogP contribution in [-0.2, 0) is 0 Å². The molecule has 12 aromatic carbocycles. The van der Waals surface area contributed by atoms with Gasteiger partial charge in [0.25, 0.3) is 11.1 Å². The Morgan fingerprint density at radius 2 is 0.778 bits per heavy atom. The summed E-state index contributed by atoms with van der Waals surface area (Å²) in [5.41, 5.74) is 8.69. The van der Waals surface area contributed by atoms with Gasteiger partial charge in [0.2, 0.25) is 5.95 Å². The molecule has 20 rings (SSSR count). The van der Waals surface area contributed by atoms with E-state index in [1.807, 2.05) is 97.3 Å². The van der Waals surface area contributed by atoms with Gasteiger partial charge in [-0.15, -0.1) is 22.7 Å².